The van der Waals surface area contributed by atoms with E-state index in [1.807, 2.05) is 12.1 Å². The Morgan fingerprint density at radius 1 is 0.452 bits per heavy atom. The summed E-state index contributed by atoms with van der Waals surface area (Å²) in [5.74, 6) is 0. The van der Waals surface area contributed by atoms with Crippen LogP contribution < -0.4 is 0 Å². The molecule has 0 unspecified atom stereocenters. The Hall–Kier alpha value is -7.92. The SMILES string of the molecule is [C-]#[N+]c1cc(-n2c3ccccc3c3cc4c(cc32)C(C)(C)c2ccc3ccccc3c2-4)c(C#N)cc1-n1c2ccccc2c2cc3c(cc21)C(C)(C)c1ccc2ccccc2c1-3. The Morgan fingerprint density at radius 3 is 1.39 bits per heavy atom. The minimum absolute atomic E-state index is 0.242. The predicted molar refractivity (Wildman–Crippen MR) is 256 cm³/mol. The maximum absolute atomic E-state index is 11.2. The molecule has 62 heavy (non-hydrogen) atoms. The van der Waals surface area contributed by atoms with Gasteiger partial charge in [0.15, 0.2) is 0 Å². The summed E-state index contributed by atoms with van der Waals surface area (Å²) in [4.78, 5) is 4.26. The fourth-order valence-electron chi connectivity index (χ4n) is 11.6. The molecule has 2 aromatic heterocycles. The van der Waals surface area contributed by atoms with Gasteiger partial charge in [-0.25, -0.2) is 4.85 Å². The lowest BCUT2D eigenvalue weighted by atomic mass is 9.82. The lowest BCUT2D eigenvalue weighted by molar-refractivity contribution is 0.661. The number of hydrogen-bond donors (Lipinski definition) is 0. The van der Waals surface area contributed by atoms with Crippen molar-refractivity contribution in [3.8, 4) is 39.7 Å². The van der Waals surface area contributed by atoms with Crippen LogP contribution in [0.3, 0.4) is 0 Å². The first-order chi connectivity index (χ1) is 30.2. The van der Waals surface area contributed by atoms with Crippen molar-refractivity contribution in [3.05, 3.63) is 197 Å². The van der Waals surface area contributed by atoms with Crippen LogP contribution in [0.4, 0.5) is 5.69 Å². The number of nitrogens with zero attached hydrogens (tertiary/aromatic N) is 4. The second-order valence-electron chi connectivity index (χ2n) is 18.3. The molecule has 4 nitrogen and oxygen atoms in total. The molecule has 290 valence electrons. The van der Waals surface area contributed by atoms with E-state index >= 15 is 0 Å². The van der Waals surface area contributed by atoms with Crippen LogP contribution in [0.2, 0.25) is 0 Å². The van der Waals surface area contributed by atoms with Crippen LogP contribution in [0.15, 0.2) is 158 Å². The quantitative estimate of drug-likeness (QED) is 0.161. The summed E-state index contributed by atoms with van der Waals surface area (Å²) in [6.07, 6.45) is 0. The number of rotatable bonds is 2. The van der Waals surface area contributed by atoms with Crippen molar-refractivity contribution in [2.24, 2.45) is 0 Å². The number of para-hydroxylation sites is 2. The first kappa shape index (κ1) is 34.9. The van der Waals surface area contributed by atoms with Crippen LogP contribution in [0, 0.1) is 17.9 Å². The number of nitriles is 1. The fraction of sp³-hybridized carbons (Fsp3) is 0.103. The normalized spacial score (nSPS) is 14.4. The van der Waals surface area contributed by atoms with E-state index in [1.54, 1.807) is 0 Å². The van der Waals surface area contributed by atoms with Gasteiger partial charge in [-0.3, -0.25) is 0 Å². The van der Waals surface area contributed by atoms with Crippen LogP contribution in [0.25, 0.3) is 104 Å². The average molecular weight is 791 g/mol. The highest BCUT2D eigenvalue weighted by atomic mass is 15.0. The third kappa shape index (κ3) is 4.28. The molecule has 0 fully saturated rings. The zero-order chi connectivity index (χ0) is 41.8. The molecule has 11 aromatic rings. The third-order valence-corrected chi connectivity index (χ3v) is 14.5. The molecule has 2 heterocycles. The van der Waals surface area contributed by atoms with Gasteiger partial charge in [-0.1, -0.05) is 137 Å². The second-order valence-corrected chi connectivity index (χ2v) is 18.3. The monoisotopic (exact) mass is 790 g/mol. The summed E-state index contributed by atoms with van der Waals surface area (Å²) in [5.41, 5.74) is 16.3. The Morgan fingerprint density at radius 2 is 0.903 bits per heavy atom. The van der Waals surface area contributed by atoms with E-state index in [-0.39, 0.29) is 10.8 Å². The minimum atomic E-state index is -0.243. The maximum Gasteiger partial charge on any atom is 0.212 e. The molecule has 0 radical (unpaired) electrons. The molecule has 4 heteroatoms. The van der Waals surface area contributed by atoms with E-state index < -0.39 is 0 Å². The van der Waals surface area contributed by atoms with Gasteiger partial charge in [0.05, 0.1) is 45.6 Å². The highest BCUT2D eigenvalue weighted by Crippen LogP contribution is 2.55. The fourth-order valence-corrected chi connectivity index (χ4v) is 11.6. The van der Waals surface area contributed by atoms with Gasteiger partial charge < -0.3 is 9.13 Å². The lowest BCUT2D eigenvalue weighted by Gasteiger charge is -2.22. The van der Waals surface area contributed by atoms with Crippen molar-refractivity contribution in [2.45, 2.75) is 38.5 Å². The molecule has 2 aliphatic rings. The van der Waals surface area contributed by atoms with Gasteiger partial charge in [0.25, 0.3) is 0 Å². The van der Waals surface area contributed by atoms with E-state index in [4.69, 9.17) is 6.57 Å². The number of aromatic nitrogens is 2. The van der Waals surface area contributed by atoms with E-state index in [1.165, 1.54) is 66.1 Å². The van der Waals surface area contributed by atoms with Gasteiger partial charge in [-0.2, -0.15) is 5.26 Å². The number of hydrogen-bond acceptors (Lipinski definition) is 1. The van der Waals surface area contributed by atoms with E-state index in [9.17, 15) is 5.26 Å². The number of benzene rings is 9. The highest BCUT2D eigenvalue weighted by Gasteiger charge is 2.39. The summed E-state index contributed by atoms with van der Waals surface area (Å²) in [6.45, 7) is 18.0. The Kier molecular flexibility index (Phi) is 6.69. The van der Waals surface area contributed by atoms with Crippen molar-refractivity contribution in [1.29, 1.82) is 5.26 Å². The van der Waals surface area contributed by atoms with Crippen LogP contribution in [-0.4, -0.2) is 9.13 Å². The number of fused-ring (bicyclic) bond motifs is 16. The van der Waals surface area contributed by atoms with Crippen molar-refractivity contribution in [2.75, 3.05) is 0 Å². The van der Waals surface area contributed by atoms with Crippen LogP contribution >= 0.6 is 0 Å². The van der Waals surface area contributed by atoms with Gasteiger partial charge >= 0.3 is 0 Å². The second kappa shape index (κ2) is 11.9. The molecule has 0 bridgehead atoms. The molecule has 0 saturated heterocycles. The van der Waals surface area contributed by atoms with Crippen LogP contribution in [0.5, 0.6) is 0 Å². The summed E-state index contributed by atoms with van der Waals surface area (Å²) in [6, 6.07) is 59.4. The topological polar surface area (TPSA) is 38.0 Å². The third-order valence-electron chi connectivity index (χ3n) is 14.5. The molecule has 2 aliphatic carbocycles. The van der Waals surface area contributed by atoms with Crippen LogP contribution in [0.1, 0.15) is 55.5 Å². The molecule has 9 aromatic carbocycles. The molecule has 0 atom stereocenters. The average Bonchev–Trinajstić information content (AvgIpc) is 3.95. The van der Waals surface area contributed by atoms with Gasteiger partial charge in [0.1, 0.15) is 6.07 Å². The zero-order valence-corrected chi connectivity index (χ0v) is 34.8. The Balaban J connectivity index is 1.07. The molecule has 0 N–H and O–H groups in total. The van der Waals surface area contributed by atoms with Gasteiger partial charge in [0, 0.05) is 32.4 Å². The van der Waals surface area contributed by atoms with Crippen molar-refractivity contribution < 1.29 is 0 Å². The largest absolute Gasteiger partial charge is 0.319 e. The van der Waals surface area contributed by atoms with E-state index in [0.29, 0.717) is 22.6 Å². The molecule has 0 spiro atoms. The minimum Gasteiger partial charge on any atom is -0.319 e. The Labute approximate surface area is 358 Å². The zero-order valence-electron chi connectivity index (χ0n) is 34.8. The molecule has 0 aliphatic heterocycles. The standard InChI is InChI=1S/C58H38N4/c1-57(2)44-24-22-33-14-6-8-16-36(33)55(44)42-27-40-38-18-10-12-20-49(38)61(52(40)29-46(42)57)51-31-48(60-5)54(26-35(51)32-59)62-50-21-13-11-19-39(50)41-28-43-47(30-53(41)62)58(3,4)45-25-23-34-15-7-9-17-37(34)56(43)45/h6-31H,1-4H3. The van der Waals surface area contributed by atoms with Gasteiger partial charge in [-0.15, -0.1) is 0 Å². The van der Waals surface area contributed by atoms with Crippen molar-refractivity contribution in [1.82, 2.24) is 9.13 Å². The molecular weight excluding hydrogens is 753 g/mol. The predicted octanol–water partition coefficient (Wildman–Crippen LogP) is 15.2. The van der Waals surface area contributed by atoms with E-state index in [2.05, 4.69) is 193 Å². The van der Waals surface area contributed by atoms with Crippen molar-refractivity contribution in [3.63, 3.8) is 0 Å². The van der Waals surface area contributed by atoms with Crippen LogP contribution in [-0.2, 0) is 10.8 Å². The maximum atomic E-state index is 11.2. The summed E-state index contributed by atoms with van der Waals surface area (Å²) < 4.78 is 4.45. The smallest absolute Gasteiger partial charge is 0.212 e. The first-order valence-electron chi connectivity index (χ1n) is 21.4. The molecule has 13 rings (SSSR count). The highest BCUT2D eigenvalue weighted by molar-refractivity contribution is 6.16. The summed E-state index contributed by atoms with van der Waals surface area (Å²) >= 11 is 0. The molecule has 0 saturated carbocycles. The summed E-state index contributed by atoms with van der Waals surface area (Å²) in [5, 5.41) is 20.6. The summed E-state index contributed by atoms with van der Waals surface area (Å²) in [7, 11) is 0. The lowest BCUT2D eigenvalue weighted by Crippen LogP contribution is -2.15. The van der Waals surface area contributed by atoms with Crippen molar-refractivity contribution >= 4 is 70.8 Å². The molecular formula is C58H38N4. The Bertz CT molecular complexity index is 3690. The first-order valence-corrected chi connectivity index (χ1v) is 21.4. The molecule has 0 amide bonds. The van der Waals surface area contributed by atoms with E-state index in [0.717, 1.165) is 43.6 Å². The van der Waals surface area contributed by atoms with Gasteiger partial charge in [-0.05, 0) is 115 Å². The van der Waals surface area contributed by atoms with Gasteiger partial charge in [0.2, 0.25) is 5.69 Å².